The van der Waals surface area contributed by atoms with Crippen LogP contribution in [0.2, 0.25) is 0 Å². The molecule has 0 radical (unpaired) electrons. The van der Waals surface area contributed by atoms with E-state index in [0.717, 1.165) is 23.6 Å². The lowest BCUT2D eigenvalue weighted by molar-refractivity contribution is 0.303. The van der Waals surface area contributed by atoms with Crippen LogP contribution in [0.15, 0.2) is 42.5 Å². The van der Waals surface area contributed by atoms with E-state index in [4.69, 9.17) is 4.74 Å². The van der Waals surface area contributed by atoms with Gasteiger partial charge in [0, 0.05) is 6.07 Å². The Morgan fingerprint density at radius 1 is 0.880 bits per heavy atom. The number of ether oxygens (including phenoxy) is 1. The van der Waals surface area contributed by atoms with Crippen molar-refractivity contribution in [3.63, 3.8) is 0 Å². The minimum Gasteiger partial charge on any atom is -0.489 e. The highest BCUT2D eigenvalue weighted by atomic mass is 19.2. The molecule has 0 atom stereocenters. The quantitative estimate of drug-likeness (QED) is 0.587. The SMILES string of the molecule is CC.CC1CCC(c2ccc(COc3ccc(F)c(F)c3)cc2)CC1. The second-order valence-corrected chi connectivity index (χ2v) is 6.56. The summed E-state index contributed by atoms with van der Waals surface area (Å²) >= 11 is 0. The molecule has 3 heteroatoms. The molecule has 1 fully saturated rings. The number of rotatable bonds is 4. The fraction of sp³-hybridized carbons (Fsp3) is 0.455. The Hall–Kier alpha value is -1.90. The average Bonchev–Trinajstić information content (AvgIpc) is 2.65. The van der Waals surface area contributed by atoms with Crippen molar-refractivity contribution < 1.29 is 13.5 Å². The Balaban J connectivity index is 0.00000109. The van der Waals surface area contributed by atoms with Gasteiger partial charge in [0.1, 0.15) is 12.4 Å². The molecular formula is C22H28F2O. The molecule has 25 heavy (non-hydrogen) atoms. The summed E-state index contributed by atoms with van der Waals surface area (Å²) in [4.78, 5) is 0. The molecule has 136 valence electrons. The Morgan fingerprint density at radius 2 is 1.52 bits per heavy atom. The van der Waals surface area contributed by atoms with Gasteiger partial charge in [-0.1, -0.05) is 57.9 Å². The number of benzene rings is 2. The van der Waals surface area contributed by atoms with Gasteiger partial charge in [-0.25, -0.2) is 8.78 Å². The molecule has 1 aliphatic carbocycles. The van der Waals surface area contributed by atoms with E-state index in [1.165, 1.54) is 37.3 Å². The molecular weight excluding hydrogens is 318 g/mol. The Labute approximate surface area is 150 Å². The zero-order valence-corrected chi connectivity index (χ0v) is 15.4. The Bertz CT molecular complexity index is 644. The fourth-order valence-corrected chi connectivity index (χ4v) is 3.21. The van der Waals surface area contributed by atoms with Crippen molar-refractivity contribution in [2.24, 2.45) is 5.92 Å². The number of hydrogen-bond acceptors (Lipinski definition) is 1. The molecule has 0 saturated heterocycles. The number of hydrogen-bond donors (Lipinski definition) is 0. The first kappa shape index (κ1) is 19.4. The van der Waals surface area contributed by atoms with Gasteiger partial charge in [-0.2, -0.15) is 0 Å². The zero-order chi connectivity index (χ0) is 18.2. The summed E-state index contributed by atoms with van der Waals surface area (Å²) in [7, 11) is 0. The lowest BCUT2D eigenvalue weighted by atomic mass is 9.79. The summed E-state index contributed by atoms with van der Waals surface area (Å²) < 4.78 is 31.5. The summed E-state index contributed by atoms with van der Waals surface area (Å²) in [5, 5.41) is 0. The van der Waals surface area contributed by atoms with Crippen LogP contribution in [0.25, 0.3) is 0 Å². The van der Waals surface area contributed by atoms with Gasteiger partial charge >= 0.3 is 0 Å². The van der Waals surface area contributed by atoms with E-state index in [-0.39, 0.29) is 0 Å². The predicted molar refractivity (Wildman–Crippen MR) is 98.9 cm³/mol. The Morgan fingerprint density at radius 3 is 2.12 bits per heavy atom. The van der Waals surface area contributed by atoms with Crippen LogP contribution in [-0.2, 0) is 6.61 Å². The molecule has 1 aliphatic rings. The molecule has 1 saturated carbocycles. The highest BCUT2D eigenvalue weighted by Gasteiger charge is 2.19. The van der Waals surface area contributed by atoms with Crippen LogP contribution in [0.3, 0.4) is 0 Å². The molecule has 3 rings (SSSR count). The topological polar surface area (TPSA) is 9.23 Å². The largest absolute Gasteiger partial charge is 0.489 e. The molecule has 0 aromatic heterocycles. The van der Waals surface area contributed by atoms with Gasteiger partial charge in [-0.05, 0) is 47.9 Å². The summed E-state index contributed by atoms with van der Waals surface area (Å²) in [5.74, 6) is 0.129. The molecule has 1 nitrogen and oxygen atoms in total. The standard InChI is InChI=1S/C20H22F2O.C2H6/c1-14-2-6-16(7-3-14)17-8-4-15(5-9-17)13-23-18-10-11-19(21)20(22)12-18;1-2/h4-5,8-12,14,16H,2-3,6-7,13H2,1H3;1-2H3. The van der Waals surface area contributed by atoms with E-state index in [2.05, 4.69) is 31.2 Å². The van der Waals surface area contributed by atoms with Crippen LogP contribution in [0, 0.1) is 17.6 Å². The van der Waals surface area contributed by atoms with Crippen molar-refractivity contribution in [2.75, 3.05) is 0 Å². The van der Waals surface area contributed by atoms with E-state index in [1.807, 2.05) is 13.8 Å². The summed E-state index contributed by atoms with van der Waals surface area (Å²) in [6.45, 7) is 6.68. The number of halogens is 2. The first-order valence-electron chi connectivity index (χ1n) is 9.28. The molecule has 0 amide bonds. The summed E-state index contributed by atoms with van der Waals surface area (Å²) in [6.07, 6.45) is 5.16. The maximum Gasteiger partial charge on any atom is 0.162 e. The van der Waals surface area contributed by atoms with E-state index < -0.39 is 11.6 Å². The maximum atomic E-state index is 13.1. The molecule has 0 heterocycles. The first-order valence-corrected chi connectivity index (χ1v) is 9.28. The van der Waals surface area contributed by atoms with Gasteiger partial charge in [-0.15, -0.1) is 0 Å². The van der Waals surface area contributed by atoms with Crippen molar-refractivity contribution in [3.8, 4) is 5.75 Å². The van der Waals surface area contributed by atoms with Gasteiger partial charge in [0.2, 0.25) is 0 Å². The van der Waals surface area contributed by atoms with Gasteiger partial charge in [-0.3, -0.25) is 0 Å². The van der Waals surface area contributed by atoms with Gasteiger partial charge in [0.05, 0.1) is 0 Å². The third-order valence-corrected chi connectivity index (χ3v) is 4.76. The average molecular weight is 346 g/mol. The second-order valence-electron chi connectivity index (χ2n) is 6.56. The van der Waals surface area contributed by atoms with Crippen LogP contribution in [0.1, 0.15) is 63.5 Å². The van der Waals surface area contributed by atoms with E-state index >= 15 is 0 Å². The molecule has 0 N–H and O–H groups in total. The Kier molecular flexibility index (Phi) is 7.42. The molecule has 0 spiro atoms. The van der Waals surface area contributed by atoms with E-state index in [0.29, 0.717) is 18.3 Å². The highest BCUT2D eigenvalue weighted by molar-refractivity contribution is 5.27. The lowest BCUT2D eigenvalue weighted by Gasteiger charge is -2.26. The molecule has 2 aromatic rings. The van der Waals surface area contributed by atoms with Gasteiger partial charge < -0.3 is 4.74 Å². The van der Waals surface area contributed by atoms with E-state index in [9.17, 15) is 8.78 Å². The predicted octanol–water partition coefficient (Wildman–Crippen LogP) is 6.86. The van der Waals surface area contributed by atoms with Gasteiger partial charge in [0.25, 0.3) is 0 Å². The first-order chi connectivity index (χ1) is 12.1. The molecule has 0 bridgehead atoms. The van der Waals surface area contributed by atoms with E-state index in [1.54, 1.807) is 0 Å². The van der Waals surface area contributed by atoms with Crippen molar-refractivity contribution in [3.05, 3.63) is 65.2 Å². The smallest absolute Gasteiger partial charge is 0.162 e. The fourth-order valence-electron chi connectivity index (χ4n) is 3.21. The lowest BCUT2D eigenvalue weighted by Crippen LogP contribution is -2.10. The van der Waals surface area contributed by atoms with Crippen molar-refractivity contribution in [1.82, 2.24) is 0 Å². The summed E-state index contributed by atoms with van der Waals surface area (Å²) in [5.41, 5.74) is 2.43. The summed E-state index contributed by atoms with van der Waals surface area (Å²) in [6, 6.07) is 12.1. The third kappa shape index (κ3) is 5.55. The monoisotopic (exact) mass is 346 g/mol. The molecule has 0 unspecified atom stereocenters. The molecule has 2 aromatic carbocycles. The van der Waals surface area contributed by atoms with Crippen LogP contribution in [0.4, 0.5) is 8.78 Å². The molecule has 0 aliphatic heterocycles. The maximum absolute atomic E-state index is 13.1. The minimum absolute atomic E-state index is 0.342. The van der Waals surface area contributed by atoms with Gasteiger partial charge in [0.15, 0.2) is 11.6 Å². The van der Waals surface area contributed by atoms with Crippen LogP contribution >= 0.6 is 0 Å². The van der Waals surface area contributed by atoms with Crippen molar-refractivity contribution in [2.45, 2.75) is 59.0 Å². The van der Waals surface area contributed by atoms with Crippen LogP contribution in [0.5, 0.6) is 5.75 Å². The van der Waals surface area contributed by atoms with Crippen LogP contribution in [-0.4, -0.2) is 0 Å². The zero-order valence-electron chi connectivity index (χ0n) is 15.4. The normalized spacial score (nSPS) is 19.7. The minimum atomic E-state index is -0.885. The van der Waals surface area contributed by atoms with Crippen molar-refractivity contribution in [1.29, 1.82) is 0 Å². The highest BCUT2D eigenvalue weighted by Crippen LogP contribution is 2.35. The third-order valence-electron chi connectivity index (χ3n) is 4.76. The van der Waals surface area contributed by atoms with Crippen LogP contribution < -0.4 is 4.74 Å². The second kappa shape index (κ2) is 9.55. The van der Waals surface area contributed by atoms with Crippen molar-refractivity contribution >= 4 is 0 Å².